The minimum absolute atomic E-state index is 0.0981. The smallest absolute Gasteiger partial charge is 0.161 e. The summed E-state index contributed by atoms with van der Waals surface area (Å²) in [6, 6.07) is 1.25. The monoisotopic (exact) mass is 272 g/mol. The van der Waals surface area contributed by atoms with E-state index in [1.54, 1.807) is 0 Å². The zero-order valence-electron chi connectivity index (χ0n) is 10.9. The van der Waals surface area contributed by atoms with E-state index in [-0.39, 0.29) is 18.2 Å². The number of nitrogens with one attached hydrogen (secondary N) is 1. The maximum atomic E-state index is 13.7. The molecule has 1 aliphatic carbocycles. The fraction of sp³-hybridized carbons (Fsp3) is 0.571. The Morgan fingerprint density at radius 2 is 1.89 bits per heavy atom. The third-order valence-corrected chi connectivity index (χ3v) is 3.78. The van der Waals surface area contributed by atoms with Gasteiger partial charge in [-0.05, 0) is 31.2 Å². The lowest BCUT2D eigenvalue weighted by Gasteiger charge is -2.22. The van der Waals surface area contributed by atoms with E-state index < -0.39 is 23.5 Å². The third-order valence-electron chi connectivity index (χ3n) is 3.78. The molecule has 0 aromatic heterocycles. The molecule has 1 aromatic rings. The molecule has 3 unspecified atom stereocenters. The first-order valence-corrected chi connectivity index (χ1v) is 6.61. The van der Waals surface area contributed by atoms with Crippen LogP contribution in [0.3, 0.4) is 0 Å². The van der Waals surface area contributed by atoms with Gasteiger partial charge in [-0.2, -0.15) is 0 Å². The molecule has 0 heterocycles. The molecule has 3 atom stereocenters. The van der Waals surface area contributed by atoms with Crippen LogP contribution in [0.5, 0.6) is 0 Å². The van der Waals surface area contributed by atoms with Gasteiger partial charge in [0.1, 0.15) is 5.82 Å². The lowest BCUT2D eigenvalue weighted by molar-refractivity contribution is 0.415. The van der Waals surface area contributed by atoms with Gasteiger partial charge < -0.3 is 11.1 Å². The van der Waals surface area contributed by atoms with E-state index in [1.165, 1.54) is 0 Å². The zero-order chi connectivity index (χ0) is 14.0. The van der Waals surface area contributed by atoms with Crippen molar-refractivity contribution >= 4 is 0 Å². The van der Waals surface area contributed by atoms with Crippen molar-refractivity contribution in [3.05, 3.63) is 35.1 Å². The second-order valence-corrected chi connectivity index (χ2v) is 5.36. The van der Waals surface area contributed by atoms with Crippen LogP contribution in [-0.4, -0.2) is 12.6 Å². The Labute approximate surface area is 111 Å². The second kappa shape index (κ2) is 5.92. The summed E-state index contributed by atoms with van der Waals surface area (Å²) in [6.45, 7) is 2.31. The first-order valence-electron chi connectivity index (χ1n) is 6.61. The van der Waals surface area contributed by atoms with Crippen molar-refractivity contribution < 1.29 is 13.2 Å². The SMILES string of the molecule is CC1CCC(NC(CN)c2cc(F)c(F)cc2F)C1. The number of rotatable bonds is 4. The van der Waals surface area contributed by atoms with Crippen LogP contribution in [0.15, 0.2) is 12.1 Å². The van der Waals surface area contributed by atoms with E-state index in [0.717, 1.165) is 25.3 Å². The Bertz CT molecular complexity index is 451. The molecule has 1 aromatic carbocycles. The van der Waals surface area contributed by atoms with Crippen LogP contribution in [0.4, 0.5) is 13.2 Å². The van der Waals surface area contributed by atoms with Crippen molar-refractivity contribution in [2.24, 2.45) is 11.7 Å². The fourth-order valence-corrected chi connectivity index (χ4v) is 2.73. The van der Waals surface area contributed by atoms with E-state index in [9.17, 15) is 13.2 Å². The topological polar surface area (TPSA) is 38.0 Å². The lowest BCUT2D eigenvalue weighted by atomic mass is 10.0. The molecule has 0 spiro atoms. The van der Waals surface area contributed by atoms with Gasteiger partial charge in [0.05, 0.1) is 0 Å². The maximum Gasteiger partial charge on any atom is 0.161 e. The molecular formula is C14H19F3N2. The molecule has 0 aliphatic heterocycles. The number of benzene rings is 1. The van der Waals surface area contributed by atoms with Crippen LogP contribution in [-0.2, 0) is 0 Å². The molecule has 0 radical (unpaired) electrons. The normalized spacial score (nSPS) is 24.7. The molecule has 0 saturated heterocycles. The highest BCUT2D eigenvalue weighted by Gasteiger charge is 2.25. The molecule has 1 saturated carbocycles. The molecular weight excluding hydrogens is 253 g/mol. The number of nitrogens with two attached hydrogens (primary N) is 1. The third kappa shape index (κ3) is 3.28. The van der Waals surface area contributed by atoms with Crippen molar-refractivity contribution in [2.45, 2.75) is 38.3 Å². The van der Waals surface area contributed by atoms with Gasteiger partial charge in [-0.15, -0.1) is 0 Å². The fourth-order valence-electron chi connectivity index (χ4n) is 2.73. The Morgan fingerprint density at radius 3 is 2.47 bits per heavy atom. The maximum absolute atomic E-state index is 13.7. The van der Waals surface area contributed by atoms with Crippen molar-refractivity contribution in [1.82, 2.24) is 5.32 Å². The van der Waals surface area contributed by atoms with Crippen LogP contribution in [0, 0.1) is 23.4 Å². The average Bonchev–Trinajstić information content (AvgIpc) is 2.77. The number of halogens is 3. The van der Waals surface area contributed by atoms with E-state index in [2.05, 4.69) is 12.2 Å². The van der Waals surface area contributed by atoms with Gasteiger partial charge in [-0.1, -0.05) is 6.92 Å². The summed E-state index contributed by atoms with van der Waals surface area (Å²) in [5.74, 6) is -2.35. The van der Waals surface area contributed by atoms with E-state index in [0.29, 0.717) is 12.0 Å². The van der Waals surface area contributed by atoms with Crippen molar-refractivity contribution in [1.29, 1.82) is 0 Å². The molecule has 0 amide bonds. The van der Waals surface area contributed by atoms with Gasteiger partial charge in [0.25, 0.3) is 0 Å². The van der Waals surface area contributed by atoms with E-state index in [1.807, 2.05) is 0 Å². The van der Waals surface area contributed by atoms with Gasteiger partial charge in [0.2, 0.25) is 0 Å². The number of hydrogen-bond acceptors (Lipinski definition) is 2. The van der Waals surface area contributed by atoms with Crippen LogP contribution in [0.2, 0.25) is 0 Å². The molecule has 1 fully saturated rings. The number of hydrogen-bond donors (Lipinski definition) is 2. The van der Waals surface area contributed by atoms with E-state index >= 15 is 0 Å². The molecule has 1 aliphatic rings. The minimum atomic E-state index is -1.17. The van der Waals surface area contributed by atoms with Crippen molar-refractivity contribution in [3.8, 4) is 0 Å². The van der Waals surface area contributed by atoms with Gasteiger partial charge >= 0.3 is 0 Å². The van der Waals surface area contributed by atoms with Crippen LogP contribution in [0.1, 0.15) is 37.8 Å². The zero-order valence-corrected chi connectivity index (χ0v) is 10.9. The summed E-state index contributed by atoms with van der Waals surface area (Å²) in [5, 5.41) is 3.25. The molecule has 2 nitrogen and oxygen atoms in total. The first-order chi connectivity index (χ1) is 9.01. The predicted octanol–water partition coefficient (Wildman–Crippen LogP) is 2.88. The first kappa shape index (κ1) is 14.3. The highest BCUT2D eigenvalue weighted by molar-refractivity contribution is 5.24. The van der Waals surface area contributed by atoms with Gasteiger partial charge in [-0.3, -0.25) is 0 Å². The predicted molar refractivity (Wildman–Crippen MR) is 68.1 cm³/mol. The van der Waals surface area contributed by atoms with Crippen molar-refractivity contribution in [2.75, 3.05) is 6.54 Å². The average molecular weight is 272 g/mol. The standard InChI is InChI=1S/C14H19F3N2/c1-8-2-3-9(4-8)19-14(7-18)10-5-12(16)13(17)6-11(10)15/h5-6,8-9,14,19H,2-4,7,18H2,1H3. The van der Waals surface area contributed by atoms with Crippen molar-refractivity contribution in [3.63, 3.8) is 0 Å². The highest BCUT2D eigenvalue weighted by Crippen LogP contribution is 2.28. The van der Waals surface area contributed by atoms with Gasteiger partial charge in [-0.25, -0.2) is 13.2 Å². The van der Waals surface area contributed by atoms with E-state index in [4.69, 9.17) is 5.73 Å². The summed E-state index contributed by atoms with van der Waals surface area (Å²) in [7, 11) is 0. The Kier molecular flexibility index (Phi) is 4.47. The second-order valence-electron chi connectivity index (χ2n) is 5.36. The quantitative estimate of drug-likeness (QED) is 0.827. The molecule has 19 heavy (non-hydrogen) atoms. The van der Waals surface area contributed by atoms with Gasteiger partial charge in [0.15, 0.2) is 11.6 Å². The van der Waals surface area contributed by atoms with Crippen LogP contribution < -0.4 is 11.1 Å². The summed E-state index contributed by atoms with van der Waals surface area (Å²) in [6.07, 6.45) is 3.12. The summed E-state index contributed by atoms with van der Waals surface area (Å²) in [4.78, 5) is 0. The molecule has 2 rings (SSSR count). The summed E-state index contributed by atoms with van der Waals surface area (Å²) >= 11 is 0. The largest absolute Gasteiger partial charge is 0.329 e. The molecule has 106 valence electrons. The Balaban J connectivity index is 2.15. The molecule has 0 bridgehead atoms. The Hall–Kier alpha value is -1.07. The molecule has 5 heteroatoms. The Morgan fingerprint density at radius 1 is 1.21 bits per heavy atom. The van der Waals surface area contributed by atoms with Crippen LogP contribution >= 0.6 is 0 Å². The van der Waals surface area contributed by atoms with Crippen LogP contribution in [0.25, 0.3) is 0 Å². The summed E-state index contributed by atoms with van der Waals surface area (Å²) < 4.78 is 39.9. The molecule has 3 N–H and O–H groups in total. The van der Waals surface area contributed by atoms with Gasteiger partial charge in [0, 0.05) is 30.3 Å². The summed E-state index contributed by atoms with van der Waals surface area (Å²) in [5.41, 5.74) is 5.73. The highest BCUT2D eigenvalue weighted by atomic mass is 19.2. The lowest BCUT2D eigenvalue weighted by Crippen LogP contribution is -2.36. The minimum Gasteiger partial charge on any atom is -0.329 e.